The molecule has 0 saturated carbocycles. The number of alkyl halides is 2. The van der Waals surface area contributed by atoms with Crippen LogP contribution >= 0.6 is 0 Å². The molecule has 1 saturated heterocycles. The van der Waals surface area contributed by atoms with E-state index in [-0.39, 0.29) is 23.6 Å². The van der Waals surface area contributed by atoms with Crippen LogP contribution in [0.4, 0.5) is 8.78 Å². The quantitative estimate of drug-likeness (QED) is 0.783. The van der Waals surface area contributed by atoms with Crippen LogP contribution in [0, 0.1) is 11.8 Å². The first-order chi connectivity index (χ1) is 10.0. The van der Waals surface area contributed by atoms with Gasteiger partial charge in [0.1, 0.15) is 5.75 Å². The number of rotatable bonds is 5. The van der Waals surface area contributed by atoms with Crippen molar-refractivity contribution < 1.29 is 23.0 Å². The predicted octanol–water partition coefficient (Wildman–Crippen LogP) is 2.53. The molecule has 116 valence electrons. The minimum atomic E-state index is -2.84. The number of nitrogens with zero attached hydrogens (tertiary/aromatic N) is 1. The van der Waals surface area contributed by atoms with Gasteiger partial charge in [0.15, 0.2) is 0 Å². The molecule has 0 amide bonds. The Morgan fingerprint density at radius 1 is 1.38 bits per heavy atom. The standard InChI is InChI=1S/C15H19F2NO3/c1-10-7-18(9-12(10)14(19)20-2)8-11-5-3-4-6-13(11)21-15(16)17/h3-6,10,12,15H,7-9H2,1-2H3. The van der Waals surface area contributed by atoms with Crippen LogP contribution in [-0.2, 0) is 16.1 Å². The van der Waals surface area contributed by atoms with E-state index < -0.39 is 6.61 Å². The molecule has 1 aromatic carbocycles. The number of hydrogen-bond acceptors (Lipinski definition) is 4. The number of carbonyl (C=O) groups excluding carboxylic acids is 1. The van der Waals surface area contributed by atoms with Crippen LogP contribution in [0.25, 0.3) is 0 Å². The van der Waals surface area contributed by atoms with E-state index >= 15 is 0 Å². The first-order valence-corrected chi connectivity index (χ1v) is 6.84. The van der Waals surface area contributed by atoms with Crippen molar-refractivity contribution in [1.82, 2.24) is 4.90 Å². The molecular weight excluding hydrogens is 280 g/mol. The van der Waals surface area contributed by atoms with E-state index in [4.69, 9.17) is 4.74 Å². The predicted molar refractivity (Wildman–Crippen MR) is 73.0 cm³/mol. The largest absolute Gasteiger partial charge is 0.469 e. The van der Waals surface area contributed by atoms with Crippen LogP contribution in [0.5, 0.6) is 5.75 Å². The van der Waals surface area contributed by atoms with E-state index in [1.54, 1.807) is 18.2 Å². The van der Waals surface area contributed by atoms with Crippen molar-refractivity contribution in [1.29, 1.82) is 0 Å². The molecule has 0 bridgehead atoms. The van der Waals surface area contributed by atoms with Crippen LogP contribution < -0.4 is 4.74 Å². The second-order valence-corrected chi connectivity index (χ2v) is 5.29. The smallest absolute Gasteiger partial charge is 0.387 e. The highest BCUT2D eigenvalue weighted by atomic mass is 19.3. The summed E-state index contributed by atoms with van der Waals surface area (Å²) in [4.78, 5) is 13.7. The lowest BCUT2D eigenvalue weighted by Crippen LogP contribution is -2.24. The molecule has 21 heavy (non-hydrogen) atoms. The Bertz CT molecular complexity index is 496. The zero-order valence-electron chi connectivity index (χ0n) is 12.1. The fourth-order valence-electron chi connectivity index (χ4n) is 2.74. The van der Waals surface area contributed by atoms with Gasteiger partial charge < -0.3 is 9.47 Å². The number of esters is 1. The van der Waals surface area contributed by atoms with Gasteiger partial charge in [-0.25, -0.2) is 0 Å². The Morgan fingerprint density at radius 3 is 2.76 bits per heavy atom. The molecule has 0 N–H and O–H groups in total. The molecule has 4 nitrogen and oxygen atoms in total. The zero-order valence-corrected chi connectivity index (χ0v) is 12.1. The SMILES string of the molecule is COC(=O)C1CN(Cc2ccccc2OC(F)F)CC1C. The molecule has 0 aromatic heterocycles. The number of likely N-dealkylation sites (tertiary alicyclic amines) is 1. The minimum Gasteiger partial charge on any atom is -0.469 e. The van der Waals surface area contributed by atoms with Gasteiger partial charge in [-0.1, -0.05) is 25.1 Å². The average molecular weight is 299 g/mol. The summed E-state index contributed by atoms with van der Waals surface area (Å²) in [6, 6.07) is 6.72. The number of benzene rings is 1. The van der Waals surface area contributed by atoms with E-state index in [1.165, 1.54) is 13.2 Å². The van der Waals surface area contributed by atoms with Crippen molar-refractivity contribution >= 4 is 5.97 Å². The lowest BCUT2D eigenvalue weighted by molar-refractivity contribution is -0.146. The molecule has 2 rings (SSSR count). The molecule has 2 atom stereocenters. The highest BCUT2D eigenvalue weighted by Crippen LogP contribution is 2.28. The van der Waals surface area contributed by atoms with Gasteiger partial charge in [-0.2, -0.15) is 8.78 Å². The molecule has 1 fully saturated rings. The molecule has 1 aromatic rings. The number of methoxy groups -OCH3 is 1. The summed E-state index contributed by atoms with van der Waals surface area (Å²) in [5.41, 5.74) is 0.690. The van der Waals surface area contributed by atoms with Gasteiger partial charge in [0.25, 0.3) is 0 Å². The molecule has 1 heterocycles. The van der Waals surface area contributed by atoms with Crippen molar-refractivity contribution in [3.63, 3.8) is 0 Å². The Morgan fingerprint density at radius 2 is 2.10 bits per heavy atom. The number of hydrogen-bond donors (Lipinski definition) is 0. The summed E-state index contributed by atoms with van der Waals surface area (Å²) in [5, 5.41) is 0. The van der Waals surface area contributed by atoms with E-state index in [0.29, 0.717) is 18.7 Å². The summed E-state index contributed by atoms with van der Waals surface area (Å²) >= 11 is 0. The maximum Gasteiger partial charge on any atom is 0.387 e. The van der Waals surface area contributed by atoms with E-state index in [9.17, 15) is 13.6 Å². The van der Waals surface area contributed by atoms with Crippen LogP contribution in [0.1, 0.15) is 12.5 Å². The summed E-state index contributed by atoms with van der Waals surface area (Å²) in [7, 11) is 1.38. The summed E-state index contributed by atoms with van der Waals surface area (Å²) < 4.78 is 34.1. The van der Waals surface area contributed by atoms with Gasteiger partial charge in [0.05, 0.1) is 13.0 Å². The van der Waals surface area contributed by atoms with E-state index in [0.717, 1.165) is 6.54 Å². The monoisotopic (exact) mass is 299 g/mol. The van der Waals surface area contributed by atoms with Gasteiger partial charge in [0, 0.05) is 25.2 Å². The summed E-state index contributed by atoms with van der Waals surface area (Å²) in [5.74, 6) is -0.0254. The van der Waals surface area contributed by atoms with Crippen molar-refractivity contribution in [2.75, 3.05) is 20.2 Å². The second kappa shape index (κ2) is 6.85. The molecular formula is C15H19F2NO3. The van der Waals surface area contributed by atoms with E-state index in [1.807, 2.05) is 6.92 Å². The Balaban J connectivity index is 2.04. The number of para-hydroxylation sites is 1. The van der Waals surface area contributed by atoms with Crippen LogP contribution in [0.15, 0.2) is 24.3 Å². The van der Waals surface area contributed by atoms with Crippen LogP contribution in [0.2, 0.25) is 0 Å². The number of carbonyl (C=O) groups is 1. The van der Waals surface area contributed by atoms with Crippen molar-refractivity contribution in [2.45, 2.75) is 20.1 Å². The molecule has 0 aliphatic carbocycles. The average Bonchev–Trinajstić information content (AvgIpc) is 2.80. The Labute approximate surface area is 122 Å². The lowest BCUT2D eigenvalue weighted by atomic mass is 9.99. The minimum absolute atomic E-state index is 0.168. The Kier molecular flexibility index (Phi) is 5.12. The maximum atomic E-state index is 12.4. The highest BCUT2D eigenvalue weighted by molar-refractivity contribution is 5.73. The first kappa shape index (κ1) is 15.7. The van der Waals surface area contributed by atoms with Crippen molar-refractivity contribution in [3.05, 3.63) is 29.8 Å². The third-order valence-corrected chi connectivity index (χ3v) is 3.77. The zero-order chi connectivity index (χ0) is 15.4. The Hall–Kier alpha value is -1.69. The van der Waals surface area contributed by atoms with Crippen LogP contribution in [0.3, 0.4) is 0 Å². The van der Waals surface area contributed by atoms with Crippen molar-refractivity contribution in [3.8, 4) is 5.75 Å². The van der Waals surface area contributed by atoms with Gasteiger partial charge >= 0.3 is 12.6 Å². The normalized spacial score (nSPS) is 22.5. The molecule has 2 unspecified atom stereocenters. The van der Waals surface area contributed by atoms with Gasteiger partial charge in [0.2, 0.25) is 0 Å². The molecule has 6 heteroatoms. The fourth-order valence-corrected chi connectivity index (χ4v) is 2.74. The molecule has 1 aliphatic rings. The van der Waals surface area contributed by atoms with Gasteiger partial charge in [-0.05, 0) is 12.0 Å². The highest BCUT2D eigenvalue weighted by Gasteiger charge is 2.35. The number of halogens is 2. The number of ether oxygens (including phenoxy) is 2. The molecule has 0 spiro atoms. The lowest BCUT2D eigenvalue weighted by Gasteiger charge is -2.18. The third kappa shape index (κ3) is 3.91. The maximum absolute atomic E-state index is 12.4. The van der Waals surface area contributed by atoms with Gasteiger partial charge in [-0.3, -0.25) is 9.69 Å². The summed E-state index contributed by atoms with van der Waals surface area (Å²) in [6.07, 6.45) is 0. The second-order valence-electron chi connectivity index (χ2n) is 5.29. The van der Waals surface area contributed by atoms with E-state index in [2.05, 4.69) is 9.64 Å². The van der Waals surface area contributed by atoms with Gasteiger partial charge in [-0.15, -0.1) is 0 Å². The van der Waals surface area contributed by atoms with Crippen LogP contribution in [-0.4, -0.2) is 37.7 Å². The third-order valence-electron chi connectivity index (χ3n) is 3.77. The molecule has 1 aliphatic heterocycles. The first-order valence-electron chi connectivity index (χ1n) is 6.84. The topological polar surface area (TPSA) is 38.8 Å². The summed E-state index contributed by atoms with van der Waals surface area (Å²) in [6.45, 7) is 0.912. The fraction of sp³-hybridized carbons (Fsp3) is 0.533. The molecule has 0 radical (unpaired) electrons. The van der Waals surface area contributed by atoms with Crippen molar-refractivity contribution in [2.24, 2.45) is 11.8 Å².